The number of aliphatic imine (C=N–C) groups is 1. The van der Waals surface area contributed by atoms with Crippen LogP contribution in [0.3, 0.4) is 0 Å². The van der Waals surface area contributed by atoms with Gasteiger partial charge in [-0.05, 0) is 64.3 Å². The predicted molar refractivity (Wildman–Crippen MR) is 133 cm³/mol. The molecule has 0 aliphatic carbocycles. The predicted octanol–water partition coefficient (Wildman–Crippen LogP) is 3.92. The number of ether oxygens (including phenoxy) is 2. The molecule has 2 rings (SSSR count). The molecule has 1 aromatic heterocycles. The summed E-state index contributed by atoms with van der Waals surface area (Å²) in [7, 11) is 3.77. The van der Waals surface area contributed by atoms with E-state index >= 15 is 0 Å². The monoisotopic (exact) mass is 529 g/mol. The molecule has 1 heterocycles. The fourth-order valence-corrected chi connectivity index (χ4v) is 3.31. The first-order valence-electron chi connectivity index (χ1n) is 10.3. The fourth-order valence-electron chi connectivity index (χ4n) is 3.31. The second kappa shape index (κ2) is 12.7. The van der Waals surface area contributed by atoms with Crippen molar-refractivity contribution in [1.29, 1.82) is 0 Å². The molecule has 30 heavy (non-hydrogen) atoms. The molecule has 0 aliphatic heterocycles. The van der Waals surface area contributed by atoms with Crippen molar-refractivity contribution in [1.82, 2.24) is 20.4 Å². The smallest absolute Gasteiger partial charge is 0.191 e. The highest BCUT2D eigenvalue weighted by Gasteiger charge is 2.13. The van der Waals surface area contributed by atoms with Crippen LogP contribution in [0.15, 0.2) is 23.2 Å². The first kappa shape index (κ1) is 26.1. The minimum absolute atomic E-state index is 0. The number of aromatic nitrogens is 2. The summed E-state index contributed by atoms with van der Waals surface area (Å²) in [5.74, 6) is 2.31. The molecular formula is C22H36IN5O2. The number of benzene rings is 1. The van der Waals surface area contributed by atoms with Gasteiger partial charge in [0.15, 0.2) is 17.5 Å². The van der Waals surface area contributed by atoms with E-state index in [0.717, 1.165) is 41.7 Å². The van der Waals surface area contributed by atoms with Crippen molar-refractivity contribution >= 4 is 29.9 Å². The zero-order valence-corrected chi connectivity index (χ0v) is 21.5. The Bertz CT molecular complexity index is 835. The number of nitrogens with zero attached hydrogens (tertiary/aromatic N) is 3. The van der Waals surface area contributed by atoms with Crippen LogP contribution in [0.25, 0.3) is 0 Å². The lowest BCUT2D eigenvalue weighted by atomic mass is 10.1. The largest absolute Gasteiger partial charge is 0.490 e. The molecule has 0 radical (unpaired) electrons. The summed E-state index contributed by atoms with van der Waals surface area (Å²) in [5, 5.41) is 11.3. The Hall–Kier alpha value is -1.97. The number of guanidine groups is 1. The first-order chi connectivity index (χ1) is 13.9. The number of hydrogen-bond acceptors (Lipinski definition) is 4. The van der Waals surface area contributed by atoms with Gasteiger partial charge in [0, 0.05) is 26.3 Å². The van der Waals surface area contributed by atoms with Crippen molar-refractivity contribution in [3.05, 3.63) is 40.7 Å². The Morgan fingerprint density at radius 2 is 1.83 bits per heavy atom. The van der Waals surface area contributed by atoms with E-state index in [0.29, 0.717) is 13.2 Å². The molecule has 8 heteroatoms. The zero-order chi connectivity index (χ0) is 21.4. The Morgan fingerprint density at radius 3 is 2.40 bits per heavy atom. The van der Waals surface area contributed by atoms with Crippen LogP contribution < -0.4 is 20.1 Å². The molecule has 1 unspecified atom stereocenters. The normalized spacial score (nSPS) is 12.2. The molecule has 0 saturated carbocycles. The van der Waals surface area contributed by atoms with Gasteiger partial charge < -0.3 is 20.1 Å². The van der Waals surface area contributed by atoms with E-state index in [4.69, 9.17) is 9.47 Å². The van der Waals surface area contributed by atoms with Crippen LogP contribution in [0, 0.1) is 13.8 Å². The maximum absolute atomic E-state index is 5.74. The molecule has 0 saturated heterocycles. The molecule has 0 spiro atoms. The average molecular weight is 529 g/mol. The number of aryl methyl sites for hydroxylation is 2. The standard InChI is InChI=1S/C22H35N5O2.HI/c1-8-28-20-11-10-18(14-21(20)29-9-2)15(3)25-22(23-6)24-13-12-19-16(4)26-27(7)17(19)5;/h10-11,14-15H,8-9,12-13H2,1-7H3,(H2,23,24,25);1H. The molecule has 0 fully saturated rings. The number of rotatable bonds is 9. The van der Waals surface area contributed by atoms with Crippen LogP contribution >= 0.6 is 24.0 Å². The molecule has 2 aromatic rings. The lowest BCUT2D eigenvalue weighted by molar-refractivity contribution is 0.287. The van der Waals surface area contributed by atoms with E-state index in [1.54, 1.807) is 7.05 Å². The maximum Gasteiger partial charge on any atom is 0.191 e. The van der Waals surface area contributed by atoms with Crippen LogP contribution in [-0.4, -0.2) is 42.5 Å². The molecule has 7 nitrogen and oxygen atoms in total. The molecule has 1 aromatic carbocycles. The van der Waals surface area contributed by atoms with E-state index in [2.05, 4.69) is 47.6 Å². The SMILES string of the molecule is CCOc1ccc(C(C)NC(=NC)NCCc2c(C)nn(C)c2C)cc1OCC.I. The Kier molecular flexibility index (Phi) is 11.0. The second-order valence-corrected chi connectivity index (χ2v) is 6.96. The van der Waals surface area contributed by atoms with E-state index < -0.39 is 0 Å². The number of hydrogen-bond donors (Lipinski definition) is 2. The zero-order valence-electron chi connectivity index (χ0n) is 19.2. The molecular weight excluding hydrogens is 493 g/mol. The van der Waals surface area contributed by atoms with Crippen LogP contribution in [-0.2, 0) is 13.5 Å². The van der Waals surface area contributed by atoms with Crippen LogP contribution in [0.2, 0.25) is 0 Å². The van der Waals surface area contributed by atoms with Crippen molar-refractivity contribution in [3.8, 4) is 11.5 Å². The van der Waals surface area contributed by atoms with E-state index in [1.165, 1.54) is 11.3 Å². The second-order valence-electron chi connectivity index (χ2n) is 6.96. The van der Waals surface area contributed by atoms with Gasteiger partial charge in [-0.1, -0.05) is 6.07 Å². The van der Waals surface area contributed by atoms with Gasteiger partial charge in [0.2, 0.25) is 0 Å². The highest BCUT2D eigenvalue weighted by molar-refractivity contribution is 14.0. The Balaban J connectivity index is 0.00000450. The van der Waals surface area contributed by atoms with Crippen LogP contribution in [0.5, 0.6) is 11.5 Å². The summed E-state index contributed by atoms with van der Waals surface area (Å²) in [5.41, 5.74) is 4.69. The lowest BCUT2D eigenvalue weighted by Crippen LogP contribution is -2.39. The molecule has 0 bridgehead atoms. The summed E-state index contributed by atoms with van der Waals surface area (Å²) in [6.45, 7) is 12.2. The molecule has 2 N–H and O–H groups in total. The summed E-state index contributed by atoms with van der Waals surface area (Å²) in [4.78, 5) is 4.36. The van der Waals surface area contributed by atoms with Crippen molar-refractivity contribution in [3.63, 3.8) is 0 Å². The molecule has 0 aliphatic rings. The summed E-state index contributed by atoms with van der Waals surface area (Å²) in [6, 6.07) is 6.12. The van der Waals surface area contributed by atoms with Gasteiger partial charge in [0.1, 0.15) is 0 Å². The molecule has 168 valence electrons. The van der Waals surface area contributed by atoms with Gasteiger partial charge in [-0.25, -0.2) is 0 Å². The first-order valence-corrected chi connectivity index (χ1v) is 10.3. The van der Waals surface area contributed by atoms with E-state index in [-0.39, 0.29) is 30.0 Å². The lowest BCUT2D eigenvalue weighted by Gasteiger charge is -2.20. The third-order valence-electron chi connectivity index (χ3n) is 4.97. The van der Waals surface area contributed by atoms with E-state index in [1.807, 2.05) is 37.7 Å². The van der Waals surface area contributed by atoms with Gasteiger partial charge in [-0.3, -0.25) is 9.67 Å². The third-order valence-corrected chi connectivity index (χ3v) is 4.97. The fraction of sp³-hybridized carbons (Fsp3) is 0.545. The minimum atomic E-state index is 0. The summed E-state index contributed by atoms with van der Waals surface area (Å²) in [6.07, 6.45) is 0.901. The average Bonchev–Trinajstić information content (AvgIpc) is 2.94. The van der Waals surface area contributed by atoms with Gasteiger partial charge in [-0.15, -0.1) is 24.0 Å². The topological polar surface area (TPSA) is 72.7 Å². The molecule has 1 atom stereocenters. The van der Waals surface area contributed by atoms with Crippen LogP contribution in [0.1, 0.15) is 49.3 Å². The van der Waals surface area contributed by atoms with Crippen molar-refractivity contribution < 1.29 is 9.47 Å². The number of nitrogens with one attached hydrogen (secondary N) is 2. The van der Waals surface area contributed by atoms with Crippen molar-refractivity contribution in [2.24, 2.45) is 12.0 Å². The van der Waals surface area contributed by atoms with Crippen molar-refractivity contribution in [2.75, 3.05) is 26.8 Å². The van der Waals surface area contributed by atoms with Gasteiger partial charge in [-0.2, -0.15) is 5.10 Å². The van der Waals surface area contributed by atoms with Crippen molar-refractivity contribution in [2.45, 2.75) is 47.1 Å². The maximum atomic E-state index is 5.74. The Labute approximate surface area is 197 Å². The number of halogens is 1. The highest BCUT2D eigenvalue weighted by atomic mass is 127. The van der Waals surface area contributed by atoms with Gasteiger partial charge >= 0.3 is 0 Å². The quantitative estimate of drug-likeness (QED) is 0.293. The third kappa shape index (κ3) is 6.78. The van der Waals surface area contributed by atoms with E-state index in [9.17, 15) is 0 Å². The summed E-state index contributed by atoms with van der Waals surface area (Å²) < 4.78 is 13.3. The van der Waals surface area contributed by atoms with Gasteiger partial charge in [0.05, 0.1) is 24.9 Å². The minimum Gasteiger partial charge on any atom is -0.490 e. The summed E-state index contributed by atoms with van der Waals surface area (Å²) >= 11 is 0. The van der Waals surface area contributed by atoms with Crippen LogP contribution in [0.4, 0.5) is 0 Å². The Morgan fingerprint density at radius 1 is 1.17 bits per heavy atom. The highest BCUT2D eigenvalue weighted by Crippen LogP contribution is 2.30. The van der Waals surface area contributed by atoms with Gasteiger partial charge in [0.25, 0.3) is 0 Å². The molecule has 0 amide bonds.